The maximum absolute atomic E-state index is 12.6. The molecule has 2 heterocycles. The minimum Gasteiger partial charge on any atom is -0.378 e. The molecule has 1 aliphatic heterocycles. The Balaban J connectivity index is 1.46. The second-order valence-corrected chi connectivity index (χ2v) is 8.93. The summed E-state index contributed by atoms with van der Waals surface area (Å²) >= 11 is 1.62. The van der Waals surface area contributed by atoms with Gasteiger partial charge in [-0.2, -0.15) is 0 Å². The van der Waals surface area contributed by atoms with Gasteiger partial charge in [-0.25, -0.2) is 0 Å². The van der Waals surface area contributed by atoms with E-state index in [4.69, 9.17) is 4.74 Å². The molecule has 0 spiro atoms. The SMILES string of the molecule is O=C(CSc1cccc2c1ccn2C(c1ccccc1)c1ccccc1)N1CCOCC1. The zero-order valence-corrected chi connectivity index (χ0v) is 18.7. The first-order valence-corrected chi connectivity index (χ1v) is 12.0. The van der Waals surface area contributed by atoms with E-state index >= 15 is 0 Å². The predicted molar refractivity (Wildman–Crippen MR) is 130 cm³/mol. The van der Waals surface area contributed by atoms with Crippen LogP contribution in [0.2, 0.25) is 0 Å². The van der Waals surface area contributed by atoms with E-state index in [0.29, 0.717) is 32.1 Å². The lowest BCUT2D eigenvalue weighted by molar-refractivity contribution is -0.132. The molecule has 0 N–H and O–H groups in total. The van der Waals surface area contributed by atoms with E-state index in [1.807, 2.05) is 4.90 Å². The number of fused-ring (bicyclic) bond motifs is 1. The quantitative estimate of drug-likeness (QED) is 0.384. The standard InChI is InChI=1S/C27H26N2O2S/c30-26(28-16-18-31-19-17-28)20-32-25-13-7-12-24-23(25)14-15-29(24)27(21-8-3-1-4-9-21)22-10-5-2-6-11-22/h1-15,27H,16-20H2. The highest BCUT2D eigenvalue weighted by Gasteiger charge is 2.20. The second-order valence-electron chi connectivity index (χ2n) is 7.92. The number of aromatic nitrogens is 1. The number of rotatable bonds is 6. The molecule has 5 heteroatoms. The lowest BCUT2D eigenvalue weighted by atomic mass is 9.98. The van der Waals surface area contributed by atoms with Gasteiger partial charge in [-0.05, 0) is 29.3 Å². The van der Waals surface area contributed by atoms with Gasteiger partial charge in [0, 0.05) is 35.1 Å². The van der Waals surface area contributed by atoms with Crippen LogP contribution >= 0.6 is 11.8 Å². The van der Waals surface area contributed by atoms with Crippen molar-refractivity contribution >= 4 is 28.6 Å². The Bertz CT molecular complexity index is 1140. The van der Waals surface area contributed by atoms with Crippen molar-refractivity contribution in [3.8, 4) is 0 Å². The molecule has 0 bridgehead atoms. The lowest BCUT2D eigenvalue weighted by Crippen LogP contribution is -2.41. The molecule has 0 atom stereocenters. The Kier molecular flexibility index (Phi) is 6.28. The zero-order chi connectivity index (χ0) is 21.8. The minimum atomic E-state index is 0.0881. The number of carbonyl (C=O) groups excluding carboxylic acids is 1. The predicted octanol–water partition coefficient (Wildman–Crippen LogP) is 5.23. The molecule has 5 rings (SSSR count). The normalized spacial score (nSPS) is 14.2. The molecule has 0 radical (unpaired) electrons. The van der Waals surface area contributed by atoms with Crippen molar-refractivity contribution in [2.45, 2.75) is 10.9 Å². The van der Waals surface area contributed by atoms with Crippen LogP contribution in [0.3, 0.4) is 0 Å². The molecule has 0 unspecified atom stereocenters. The Labute approximate surface area is 192 Å². The Morgan fingerprint density at radius 2 is 1.50 bits per heavy atom. The average Bonchev–Trinajstić information content (AvgIpc) is 3.29. The van der Waals surface area contributed by atoms with E-state index in [1.54, 1.807) is 11.8 Å². The van der Waals surface area contributed by atoms with Gasteiger partial charge in [0.25, 0.3) is 0 Å². The number of morpholine rings is 1. The van der Waals surface area contributed by atoms with Gasteiger partial charge in [0.05, 0.1) is 25.0 Å². The number of ether oxygens (including phenoxy) is 1. The van der Waals surface area contributed by atoms with Crippen LogP contribution in [-0.2, 0) is 9.53 Å². The van der Waals surface area contributed by atoms with Crippen molar-refractivity contribution < 1.29 is 9.53 Å². The highest BCUT2D eigenvalue weighted by atomic mass is 32.2. The molecule has 32 heavy (non-hydrogen) atoms. The van der Waals surface area contributed by atoms with E-state index in [9.17, 15) is 4.79 Å². The van der Waals surface area contributed by atoms with Crippen LogP contribution in [0.1, 0.15) is 17.2 Å². The van der Waals surface area contributed by atoms with Gasteiger partial charge in [0.15, 0.2) is 0 Å². The van der Waals surface area contributed by atoms with Crippen LogP contribution in [0.4, 0.5) is 0 Å². The molecule has 1 aliphatic rings. The number of nitrogens with zero attached hydrogens (tertiary/aromatic N) is 2. The molecule has 1 amide bonds. The van der Waals surface area contributed by atoms with Crippen LogP contribution in [0.5, 0.6) is 0 Å². The van der Waals surface area contributed by atoms with Crippen LogP contribution in [0.15, 0.2) is 96.0 Å². The molecule has 1 aromatic heterocycles. The molecule has 4 aromatic rings. The van der Waals surface area contributed by atoms with Crippen molar-refractivity contribution in [1.29, 1.82) is 0 Å². The second kappa shape index (κ2) is 9.63. The summed E-state index contributed by atoms with van der Waals surface area (Å²) < 4.78 is 7.71. The summed E-state index contributed by atoms with van der Waals surface area (Å²) in [5.74, 6) is 0.631. The number of hydrogen-bond donors (Lipinski definition) is 0. The van der Waals surface area contributed by atoms with E-state index < -0.39 is 0 Å². The third-order valence-corrected chi connectivity index (χ3v) is 7.01. The van der Waals surface area contributed by atoms with Crippen LogP contribution in [0.25, 0.3) is 10.9 Å². The molecule has 3 aromatic carbocycles. The van der Waals surface area contributed by atoms with Gasteiger partial charge >= 0.3 is 0 Å². The first-order chi connectivity index (χ1) is 15.8. The van der Waals surface area contributed by atoms with E-state index in [-0.39, 0.29) is 11.9 Å². The molecular formula is C27H26N2O2S. The summed E-state index contributed by atoms with van der Waals surface area (Å²) in [6, 6.07) is 29.9. The highest BCUT2D eigenvalue weighted by Crippen LogP contribution is 2.34. The Morgan fingerprint density at radius 1 is 0.844 bits per heavy atom. The number of thioether (sulfide) groups is 1. The van der Waals surface area contributed by atoms with Crippen LogP contribution in [-0.4, -0.2) is 47.4 Å². The van der Waals surface area contributed by atoms with Gasteiger partial charge in [-0.15, -0.1) is 11.8 Å². The molecule has 162 valence electrons. The monoisotopic (exact) mass is 442 g/mol. The molecule has 1 saturated heterocycles. The largest absolute Gasteiger partial charge is 0.378 e. The van der Waals surface area contributed by atoms with Crippen molar-refractivity contribution in [2.24, 2.45) is 0 Å². The van der Waals surface area contributed by atoms with E-state index in [0.717, 1.165) is 4.90 Å². The van der Waals surface area contributed by atoms with Crippen molar-refractivity contribution in [2.75, 3.05) is 32.1 Å². The van der Waals surface area contributed by atoms with Gasteiger partial charge in [0.1, 0.15) is 0 Å². The Morgan fingerprint density at radius 3 is 2.16 bits per heavy atom. The maximum Gasteiger partial charge on any atom is 0.233 e. The Hall–Kier alpha value is -3.02. The smallest absolute Gasteiger partial charge is 0.233 e. The summed E-state index contributed by atoms with van der Waals surface area (Å²) in [5, 5.41) is 1.18. The summed E-state index contributed by atoms with van der Waals surface area (Å²) in [6.45, 7) is 2.65. The molecule has 0 aliphatic carbocycles. The summed E-state index contributed by atoms with van der Waals surface area (Å²) in [4.78, 5) is 15.7. The van der Waals surface area contributed by atoms with Crippen molar-refractivity contribution in [1.82, 2.24) is 9.47 Å². The van der Waals surface area contributed by atoms with Crippen molar-refractivity contribution in [3.05, 3.63) is 102 Å². The lowest BCUT2D eigenvalue weighted by Gasteiger charge is -2.26. The number of hydrogen-bond acceptors (Lipinski definition) is 3. The summed E-state index contributed by atoms with van der Waals surface area (Å²) in [6.07, 6.45) is 2.17. The number of carbonyl (C=O) groups is 1. The van der Waals surface area contributed by atoms with Gasteiger partial charge < -0.3 is 14.2 Å². The molecular weight excluding hydrogens is 416 g/mol. The summed E-state index contributed by atoms with van der Waals surface area (Å²) in [7, 11) is 0. The fourth-order valence-corrected chi connectivity index (χ4v) is 5.30. The van der Waals surface area contributed by atoms with Crippen LogP contribution < -0.4 is 0 Å². The van der Waals surface area contributed by atoms with E-state index in [1.165, 1.54) is 22.0 Å². The zero-order valence-electron chi connectivity index (χ0n) is 17.9. The number of benzene rings is 3. The molecule has 4 nitrogen and oxygen atoms in total. The third kappa shape index (κ3) is 4.31. The maximum atomic E-state index is 12.6. The third-order valence-electron chi connectivity index (χ3n) is 5.95. The molecule has 1 fully saturated rings. The topological polar surface area (TPSA) is 34.5 Å². The highest BCUT2D eigenvalue weighted by molar-refractivity contribution is 8.00. The minimum absolute atomic E-state index is 0.0881. The molecule has 0 saturated carbocycles. The van der Waals surface area contributed by atoms with Gasteiger partial charge in [0.2, 0.25) is 5.91 Å². The van der Waals surface area contributed by atoms with E-state index in [2.05, 4.69) is 95.7 Å². The van der Waals surface area contributed by atoms with Crippen molar-refractivity contribution in [3.63, 3.8) is 0 Å². The van der Waals surface area contributed by atoms with Crippen LogP contribution in [0, 0.1) is 0 Å². The van der Waals surface area contributed by atoms with Gasteiger partial charge in [-0.3, -0.25) is 4.79 Å². The first-order valence-electron chi connectivity index (χ1n) is 11.0. The fourth-order valence-electron chi connectivity index (χ4n) is 4.34. The first kappa shape index (κ1) is 20.9. The fraction of sp³-hybridized carbons (Fsp3) is 0.222. The number of amides is 1. The average molecular weight is 443 g/mol. The summed E-state index contributed by atoms with van der Waals surface area (Å²) in [5.41, 5.74) is 3.67. The van der Waals surface area contributed by atoms with Gasteiger partial charge in [-0.1, -0.05) is 66.7 Å².